The van der Waals surface area contributed by atoms with Crippen LogP contribution in [0.25, 0.3) is 0 Å². The Hall–Kier alpha value is -1.88. The first-order valence-electron chi connectivity index (χ1n) is 13.8. The largest absolute Gasteiger partial charge is 0.488 e. The van der Waals surface area contributed by atoms with Crippen molar-refractivity contribution in [2.45, 2.75) is 77.6 Å². The fourth-order valence-electron chi connectivity index (χ4n) is 7.58. The second-order valence-corrected chi connectivity index (χ2v) is 12.0. The molecular weight excluding hydrogens is 424 g/mol. The SMILES string of the molecule is CCCCN1C(=O)C[C@H]2[C@@H]3CCc4cc(OCC[N+]5(C)CCCC5)ccc4[C@H]3CC[C@]2(C)C1=O. The molecule has 1 aromatic rings. The van der Waals surface area contributed by atoms with Crippen LogP contribution < -0.4 is 4.74 Å². The second-order valence-electron chi connectivity index (χ2n) is 12.0. The number of piperidine rings is 1. The lowest BCUT2D eigenvalue weighted by atomic mass is 9.52. The monoisotopic (exact) mass is 467 g/mol. The Bertz CT molecular complexity index is 937. The maximum Gasteiger partial charge on any atom is 0.235 e. The number of benzene rings is 1. The van der Waals surface area contributed by atoms with Crippen molar-refractivity contribution in [3.8, 4) is 5.75 Å². The van der Waals surface area contributed by atoms with Crippen LogP contribution in [0.3, 0.4) is 0 Å². The first-order valence-corrected chi connectivity index (χ1v) is 13.8. The Labute approximate surface area is 205 Å². The van der Waals surface area contributed by atoms with E-state index in [1.54, 1.807) is 4.90 Å². The Morgan fingerprint density at radius 2 is 1.97 bits per heavy atom. The molecule has 0 spiro atoms. The van der Waals surface area contributed by atoms with E-state index in [0.717, 1.165) is 61.9 Å². The van der Waals surface area contributed by atoms with Gasteiger partial charge in [-0.3, -0.25) is 14.5 Å². The van der Waals surface area contributed by atoms with Gasteiger partial charge in [-0.15, -0.1) is 0 Å². The zero-order chi connectivity index (χ0) is 23.9. The van der Waals surface area contributed by atoms with Crippen molar-refractivity contribution in [2.75, 3.05) is 39.8 Å². The quantitative estimate of drug-likeness (QED) is 0.422. The van der Waals surface area contributed by atoms with Crippen LogP contribution in [0.4, 0.5) is 0 Å². The molecule has 186 valence electrons. The highest BCUT2D eigenvalue weighted by Gasteiger charge is 2.57. The fourth-order valence-corrected chi connectivity index (χ4v) is 7.58. The third-order valence-corrected chi connectivity index (χ3v) is 9.80. The van der Waals surface area contributed by atoms with E-state index in [1.165, 1.54) is 37.1 Å². The second kappa shape index (κ2) is 9.29. The Balaban J connectivity index is 1.28. The molecule has 3 fully saturated rings. The molecule has 5 rings (SSSR count). The predicted molar refractivity (Wildman–Crippen MR) is 134 cm³/mol. The summed E-state index contributed by atoms with van der Waals surface area (Å²) in [6, 6.07) is 6.71. The zero-order valence-corrected chi connectivity index (χ0v) is 21.5. The normalized spacial score (nSPS) is 32.2. The topological polar surface area (TPSA) is 46.6 Å². The lowest BCUT2D eigenvalue weighted by Crippen LogP contribution is -2.59. The standard InChI is InChI=1S/C29H43N2O3/c1-4-5-14-30-27(32)20-26-25-10-8-21-19-22(34-18-17-31(3)15-6-7-16-31)9-11-23(21)24(25)12-13-29(26,2)28(30)33/h9,11,19,24-26H,4-8,10,12-18,20H2,1-3H3/q+1/t24-,25-,26+,29+/m1/s1. The summed E-state index contributed by atoms with van der Waals surface area (Å²) in [4.78, 5) is 28.0. The average molecular weight is 468 g/mol. The summed E-state index contributed by atoms with van der Waals surface area (Å²) >= 11 is 0. The molecule has 2 saturated heterocycles. The number of ether oxygens (including phenoxy) is 1. The highest BCUT2D eigenvalue weighted by molar-refractivity contribution is 6.01. The summed E-state index contributed by atoms with van der Waals surface area (Å²) in [6.07, 6.45) is 9.16. The van der Waals surface area contributed by atoms with Crippen LogP contribution in [0, 0.1) is 17.3 Å². The number of nitrogens with zero attached hydrogens (tertiary/aromatic N) is 2. The van der Waals surface area contributed by atoms with Gasteiger partial charge in [0.2, 0.25) is 11.8 Å². The van der Waals surface area contributed by atoms with E-state index < -0.39 is 0 Å². The van der Waals surface area contributed by atoms with Crippen molar-refractivity contribution in [1.82, 2.24) is 4.90 Å². The molecule has 4 atom stereocenters. The van der Waals surface area contributed by atoms with Gasteiger partial charge in [0.1, 0.15) is 18.9 Å². The third-order valence-electron chi connectivity index (χ3n) is 9.80. The van der Waals surface area contributed by atoms with E-state index in [9.17, 15) is 9.59 Å². The van der Waals surface area contributed by atoms with Crippen LogP contribution in [-0.2, 0) is 16.0 Å². The highest BCUT2D eigenvalue weighted by atomic mass is 16.5. The number of carbonyl (C=O) groups excluding carboxylic acids is 2. The van der Waals surface area contributed by atoms with Gasteiger partial charge >= 0.3 is 0 Å². The number of unbranched alkanes of at least 4 members (excludes halogenated alkanes) is 1. The van der Waals surface area contributed by atoms with Crippen LogP contribution in [0.1, 0.15) is 82.3 Å². The average Bonchev–Trinajstić information content (AvgIpc) is 3.26. The zero-order valence-electron chi connectivity index (χ0n) is 21.5. The van der Waals surface area contributed by atoms with Crippen molar-refractivity contribution in [2.24, 2.45) is 17.3 Å². The number of amides is 2. The molecule has 0 bridgehead atoms. The van der Waals surface area contributed by atoms with Gasteiger partial charge in [0.25, 0.3) is 0 Å². The molecule has 5 heteroatoms. The highest BCUT2D eigenvalue weighted by Crippen LogP contribution is 2.58. The van der Waals surface area contributed by atoms with Gasteiger partial charge in [0, 0.05) is 25.8 Å². The summed E-state index contributed by atoms with van der Waals surface area (Å²) in [5.41, 5.74) is 2.48. The molecule has 0 N–H and O–H groups in total. The maximum absolute atomic E-state index is 13.5. The van der Waals surface area contributed by atoms with Gasteiger partial charge in [0.15, 0.2) is 0 Å². The third kappa shape index (κ3) is 4.19. The van der Waals surface area contributed by atoms with E-state index in [4.69, 9.17) is 4.74 Å². The summed E-state index contributed by atoms with van der Waals surface area (Å²) in [5, 5.41) is 0. The van der Waals surface area contributed by atoms with Crippen LogP contribution >= 0.6 is 0 Å². The molecular formula is C29H43N2O3+. The van der Waals surface area contributed by atoms with E-state index in [2.05, 4.69) is 39.1 Å². The molecule has 0 unspecified atom stereocenters. The number of hydrogen-bond acceptors (Lipinski definition) is 3. The first kappa shape index (κ1) is 23.8. The number of imide groups is 1. The van der Waals surface area contributed by atoms with Gasteiger partial charge in [-0.1, -0.05) is 26.3 Å². The summed E-state index contributed by atoms with van der Waals surface area (Å²) < 4.78 is 7.34. The molecule has 2 aliphatic heterocycles. The molecule has 1 saturated carbocycles. The first-order chi connectivity index (χ1) is 16.3. The number of aryl methyl sites for hydroxylation is 1. The van der Waals surface area contributed by atoms with Crippen molar-refractivity contribution in [3.63, 3.8) is 0 Å². The lowest BCUT2D eigenvalue weighted by Gasteiger charge is -2.54. The van der Waals surface area contributed by atoms with Gasteiger partial charge in [-0.25, -0.2) is 0 Å². The Morgan fingerprint density at radius 3 is 2.74 bits per heavy atom. The van der Waals surface area contributed by atoms with Gasteiger partial charge in [-0.2, -0.15) is 0 Å². The minimum Gasteiger partial charge on any atom is -0.488 e. The molecule has 34 heavy (non-hydrogen) atoms. The van der Waals surface area contributed by atoms with Gasteiger partial charge in [0.05, 0.1) is 25.6 Å². The number of likely N-dealkylation sites (tertiary alicyclic amines) is 2. The summed E-state index contributed by atoms with van der Waals surface area (Å²) in [5.74, 6) is 2.23. The smallest absolute Gasteiger partial charge is 0.235 e. The van der Waals surface area contributed by atoms with Crippen molar-refractivity contribution < 1.29 is 18.8 Å². The summed E-state index contributed by atoms with van der Waals surface area (Å²) in [6.45, 7) is 9.27. The minimum absolute atomic E-state index is 0.0606. The van der Waals surface area contributed by atoms with E-state index in [0.29, 0.717) is 24.8 Å². The van der Waals surface area contributed by atoms with E-state index >= 15 is 0 Å². The number of hydrogen-bond donors (Lipinski definition) is 0. The number of fused-ring (bicyclic) bond motifs is 5. The molecule has 2 heterocycles. The predicted octanol–water partition coefficient (Wildman–Crippen LogP) is 4.93. The van der Waals surface area contributed by atoms with Crippen LogP contribution in [-0.4, -0.2) is 61.0 Å². The number of likely N-dealkylation sites (N-methyl/N-ethyl adjacent to an activating group) is 1. The minimum atomic E-state index is -0.377. The molecule has 0 radical (unpaired) electrons. The van der Waals surface area contributed by atoms with Crippen LogP contribution in [0.5, 0.6) is 5.75 Å². The van der Waals surface area contributed by atoms with Crippen molar-refractivity contribution >= 4 is 11.8 Å². The molecule has 2 amide bonds. The summed E-state index contributed by atoms with van der Waals surface area (Å²) in [7, 11) is 2.35. The van der Waals surface area contributed by atoms with Gasteiger partial charge < -0.3 is 9.22 Å². The fraction of sp³-hybridized carbons (Fsp3) is 0.724. The lowest BCUT2D eigenvalue weighted by molar-refractivity contribution is -0.897. The maximum atomic E-state index is 13.5. The molecule has 4 aliphatic rings. The van der Waals surface area contributed by atoms with Crippen LogP contribution in [0.15, 0.2) is 18.2 Å². The van der Waals surface area contributed by atoms with Gasteiger partial charge in [-0.05, 0) is 73.1 Å². The Kier molecular flexibility index (Phi) is 6.52. The molecule has 1 aromatic carbocycles. The Morgan fingerprint density at radius 1 is 1.18 bits per heavy atom. The number of rotatable bonds is 7. The van der Waals surface area contributed by atoms with Crippen LogP contribution in [0.2, 0.25) is 0 Å². The number of quaternary nitrogens is 1. The van der Waals surface area contributed by atoms with E-state index in [-0.39, 0.29) is 23.1 Å². The van der Waals surface area contributed by atoms with E-state index in [1.807, 2.05) is 0 Å². The molecule has 0 aromatic heterocycles. The van der Waals surface area contributed by atoms with Crippen molar-refractivity contribution in [3.05, 3.63) is 29.3 Å². The molecule has 5 nitrogen and oxygen atoms in total. The number of carbonyl (C=O) groups is 2. The molecule has 2 aliphatic carbocycles. The van der Waals surface area contributed by atoms with Crippen molar-refractivity contribution in [1.29, 1.82) is 0 Å².